The van der Waals surface area contributed by atoms with Gasteiger partial charge in [-0.25, -0.2) is 0 Å². The van der Waals surface area contributed by atoms with Crippen molar-refractivity contribution < 1.29 is 0 Å². The molecule has 1 saturated heterocycles. The zero-order chi connectivity index (χ0) is 13.0. The predicted molar refractivity (Wildman–Crippen MR) is 77.8 cm³/mol. The molecular formula is C15H31N3. The molecule has 0 aromatic carbocycles. The SMILES string of the molecule is CN(CCC1(N)CCCCC1)CC1CCCN1C. The van der Waals surface area contributed by atoms with E-state index in [4.69, 9.17) is 5.73 Å². The molecular weight excluding hydrogens is 222 g/mol. The number of likely N-dealkylation sites (N-methyl/N-ethyl adjacent to an activating group) is 2. The molecule has 0 radical (unpaired) electrons. The van der Waals surface area contributed by atoms with Crippen LogP contribution < -0.4 is 5.73 Å². The molecule has 0 spiro atoms. The predicted octanol–water partition coefficient (Wildman–Crippen LogP) is 2.06. The first kappa shape index (κ1) is 14.3. The molecule has 2 fully saturated rings. The second-order valence-electron chi connectivity index (χ2n) is 6.71. The van der Waals surface area contributed by atoms with E-state index in [1.165, 1.54) is 71.0 Å². The molecule has 2 N–H and O–H groups in total. The van der Waals surface area contributed by atoms with Crippen LogP contribution in [0, 0.1) is 0 Å². The Hall–Kier alpha value is -0.120. The van der Waals surface area contributed by atoms with Crippen molar-refractivity contribution in [3.05, 3.63) is 0 Å². The van der Waals surface area contributed by atoms with E-state index in [0.29, 0.717) is 0 Å². The Morgan fingerprint density at radius 1 is 1.22 bits per heavy atom. The zero-order valence-electron chi connectivity index (χ0n) is 12.3. The molecule has 0 amide bonds. The summed E-state index contributed by atoms with van der Waals surface area (Å²) < 4.78 is 0. The van der Waals surface area contributed by atoms with Crippen molar-refractivity contribution in [1.82, 2.24) is 9.80 Å². The molecule has 1 heterocycles. The minimum Gasteiger partial charge on any atom is -0.325 e. The van der Waals surface area contributed by atoms with Gasteiger partial charge in [-0.15, -0.1) is 0 Å². The Kier molecular flexibility index (Phi) is 5.05. The van der Waals surface area contributed by atoms with Gasteiger partial charge in [0.15, 0.2) is 0 Å². The van der Waals surface area contributed by atoms with E-state index in [1.807, 2.05) is 0 Å². The van der Waals surface area contributed by atoms with Crippen LogP contribution in [0.2, 0.25) is 0 Å². The number of nitrogens with two attached hydrogens (primary N) is 1. The molecule has 1 aliphatic heterocycles. The molecule has 2 aliphatic rings. The zero-order valence-corrected chi connectivity index (χ0v) is 12.3. The second-order valence-corrected chi connectivity index (χ2v) is 6.71. The van der Waals surface area contributed by atoms with Gasteiger partial charge < -0.3 is 15.5 Å². The Bertz CT molecular complexity index is 248. The maximum atomic E-state index is 6.51. The highest BCUT2D eigenvalue weighted by molar-refractivity contribution is 4.88. The highest BCUT2D eigenvalue weighted by atomic mass is 15.2. The first-order chi connectivity index (χ1) is 8.59. The third-order valence-corrected chi connectivity index (χ3v) is 5.03. The van der Waals surface area contributed by atoms with E-state index in [9.17, 15) is 0 Å². The highest BCUT2D eigenvalue weighted by Gasteiger charge is 2.28. The van der Waals surface area contributed by atoms with Gasteiger partial charge in [-0.2, -0.15) is 0 Å². The first-order valence-corrected chi connectivity index (χ1v) is 7.77. The van der Waals surface area contributed by atoms with E-state index in [1.54, 1.807) is 0 Å². The number of likely N-dealkylation sites (tertiary alicyclic amines) is 1. The molecule has 1 aliphatic carbocycles. The van der Waals surface area contributed by atoms with Crippen LogP contribution in [0.5, 0.6) is 0 Å². The van der Waals surface area contributed by atoms with Crippen LogP contribution in [-0.4, -0.2) is 55.1 Å². The lowest BCUT2D eigenvalue weighted by atomic mass is 9.80. The van der Waals surface area contributed by atoms with Crippen molar-refractivity contribution in [1.29, 1.82) is 0 Å². The lowest BCUT2D eigenvalue weighted by molar-refractivity contribution is 0.190. The largest absolute Gasteiger partial charge is 0.325 e. The van der Waals surface area contributed by atoms with Crippen LogP contribution in [0.25, 0.3) is 0 Å². The van der Waals surface area contributed by atoms with Crippen molar-refractivity contribution in [2.75, 3.05) is 33.7 Å². The van der Waals surface area contributed by atoms with Crippen molar-refractivity contribution in [2.24, 2.45) is 5.73 Å². The van der Waals surface area contributed by atoms with Gasteiger partial charge in [-0.3, -0.25) is 0 Å². The summed E-state index contributed by atoms with van der Waals surface area (Å²) in [5.41, 5.74) is 6.65. The number of rotatable bonds is 5. The molecule has 106 valence electrons. The van der Waals surface area contributed by atoms with Gasteiger partial charge in [0, 0.05) is 18.1 Å². The van der Waals surface area contributed by atoms with E-state index in [-0.39, 0.29) is 5.54 Å². The van der Waals surface area contributed by atoms with Gasteiger partial charge in [-0.1, -0.05) is 19.3 Å². The maximum absolute atomic E-state index is 6.51. The van der Waals surface area contributed by atoms with E-state index in [2.05, 4.69) is 23.9 Å². The Balaban J connectivity index is 1.69. The Morgan fingerprint density at radius 3 is 2.56 bits per heavy atom. The van der Waals surface area contributed by atoms with Crippen LogP contribution >= 0.6 is 0 Å². The van der Waals surface area contributed by atoms with Crippen LogP contribution in [0.3, 0.4) is 0 Å². The molecule has 1 saturated carbocycles. The number of hydrogen-bond acceptors (Lipinski definition) is 3. The summed E-state index contributed by atoms with van der Waals surface area (Å²) in [5.74, 6) is 0. The van der Waals surface area contributed by atoms with E-state index in [0.717, 1.165) is 6.04 Å². The molecule has 18 heavy (non-hydrogen) atoms. The van der Waals surface area contributed by atoms with Crippen molar-refractivity contribution in [3.63, 3.8) is 0 Å². The number of hydrogen-bond donors (Lipinski definition) is 1. The summed E-state index contributed by atoms with van der Waals surface area (Å²) >= 11 is 0. The standard InChI is InChI=1S/C15H31N3/c1-17(13-14-7-6-11-18(14)2)12-10-15(16)8-4-3-5-9-15/h14H,3-13,16H2,1-2H3. The smallest absolute Gasteiger partial charge is 0.0220 e. The number of nitrogens with zero attached hydrogens (tertiary/aromatic N) is 2. The van der Waals surface area contributed by atoms with Crippen molar-refractivity contribution in [2.45, 2.75) is 62.9 Å². The van der Waals surface area contributed by atoms with E-state index < -0.39 is 0 Å². The van der Waals surface area contributed by atoms with E-state index >= 15 is 0 Å². The van der Waals surface area contributed by atoms with Crippen molar-refractivity contribution in [3.8, 4) is 0 Å². The summed E-state index contributed by atoms with van der Waals surface area (Å²) in [6, 6.07) is 0.773. The maximum Gasteiger partial charge on any atom is 0.0220 e. The molecule has 2 rings (SSSR count). The first-order valence-electron chi connectivity index (χ1n) is 7.77. The molecule has 3 nitrogen and oxygen atoms in total. The Labute approximate surface area is 113 Å². The van der Waals surface area contributed by atoms with Gasteiger partial charge in [0.25, 0.3) is 0 Å². The van der Waals surface area contributed by atoms with Crippen molar-refractivity contribution >= 4 is 0 Å². The minimum absolute atomic E-state index is 0.147. The van der Waals surface area contributed by atoms with Gasteiger partial charge in [0.1, 0.15) is 0 Å². The van der Waals surface area contributed by atoms with Crippen LogP contribution in [0.15, 0.2) is 0 Å². The monoisotopic (exact) mass is 253 g/mol. The highest BCUT2D eigenvalue weighted by Crippen LogP contribution is 2.28. The molecule has 1 unspecified atom stereocenters. The van der Waals surface area contributed by atoms with Gasteiger partial charge in [0.2, 0.25) is 0 Å². The lowest BCUT2D eigenvalue weighted by Gasteiger charge is -2.35. The van der Waals surface area contributed by atoms with Crippen LogP contribution in [0.4, 0.5) is 0 Å². The molecule has 0 aromatic heterocycles. The normalized spacial score (nSPS) is 29.0. The third kappa shape index (κ3) is 3.94. The quantitative estimate of drug-likeness (QED) is 0.814. The van der Waals surface area contributed by atoms with Gasteiger partial charge >= 0.3 is 0 Å². The second kappa shape index (κ2) is 6.36. The summed E-state index contributed by atoms with van der Waals surface area (Å²) in [6.45, 7) is 3.66. The summed E-state index contributed by atoms with van der Waals surface area (Å²) in [6.07, 6.45) is 10.5. The molecule has 0 aromatic rings. The average molecular weight is 253 g/mol. The molecule has 0 bridgehead atoms. The molecule has 3 heteroatoms. The fourth-order valence-electron chi connectivity index (χ4n) is 3.58. The van der Waals surface area contributed by atoms with Crippen LogP contribution in [-0.2, 0) is 0 Å². The summed E-state index contributed by atoms with van der Waals surface area (Å²) in [7, 11) is 4.52. The third-order valence-electron chi connectivity index (χ3n) is 5.03. The Morgan fingerprint density at radius 2 is 1.94 bits per heavy atom. The van der Waals surface area contributed by atoms with Crippen LogP contribution in [0.1, 0.15) is 51.4 Å². The van der Waals surface area contributed by atoms with Gasteiger partial charge in [-0.05, 0) is 59.3 Å². The topological polar surface area (TPSA) is 32.5 Å². The fourth-order valence-corrected chi connectivity index (χ4v) is 3.58. The summed E-state index contributed by atoms with van der Waals surface area (Å²) in [4.78, 5) is 5.00. The average Bonchev–Trinajstić information content (AvgIpc) is 2.74. The minimum atomic E-state index is 0.147. The fraction of sp³-hybridized carbons (Fsp3) is 1.00. The molecule has 1 atom stereocenters. The summed E-state index contributed by atoms with van der Waals surface area (Å²) in [5, 5.41) is 0. The van der Waals surface area contributed by atoms with Gasteiger partial charge in [0.05, 0.1) is 0 Å². The lowest BCUT2D eigenvalue weighted by Crippen LogP contribution is -2.45.